The minimum absolute atomic E-state index is 0.00673. The molecule has 24 heavy (non-hydrogen) atoms. The molecular formula is C16H24N2O5S. The smallest absolute Gasteiger partial charge is 0.408 e. The Kier molecular flexibility index (Phi) is 6.36. The van der Waals surface area contributed by atoms with Gasteiger partial charge in [0.15, 0.2) is 9.84 Å². The molecule has 8 heteroatoms. The van der Waals surface area contributed by atoms with E-state index in [1.807, 2.05) is 0 Å². The first kappa shape index (κ1) is 20.0. The minimum atomic E-state index is -3.31. The predicted molar refractivity (Wildman–Crippen MR) is 90.1 cm³/mol. The van der Waals surface area contributed by atoms with E-state index in [-0.39, 0.29) is 17.1 Å². The van der Waals surface area contributed by atoms with Crippen LogP contribution in [0, 0.1) is 0 Å². The van der Waals surface area contributed by atoms with Crippen LogP contribution in [0.2, 0.25) is 0 Å². The third-order valence-electron chi connectivity index (χ3n) is 3.12. The Morgan fingerprint density at radius 2 is 1.75 bits per heavy atom. The van der Waals surface area contributed by atoms with E-state index in [1.165, 1.54) is 12.1 Å². The molecule has 0 radical (unpaired) electrons. The van der Waals surface area contributed by atoms with Gasteiger partial charge in [-0.05, 0) is 38.5 Å². The normalized spacial score (nSPS) is 13.2. The number of alkyl carbamates (subject to hydrolysis) is 1. The molecule has 0 fully saturated rings. The van der Waals surface area contributed by atoms with E-state index in [0.29, 0.717) is 5.56 Å². The molecule has 7 nitrogen and oxygen atoms in total. The fraction of sp³-hybridized carbons (Fsp3) is 0.500. The van der Waals surface area contributed by atoms with Crippen molar-refractivity contribution in [3.05, 3.63) is 29.8 Å². The van der Waals surface area contributed by atoms with Crippen LogP contribution in [0.1, 0.15) is 45.7 Å². The molecule has 0 saturated heterocycles. The van der Waals surface area contributed by atoms with E-state index in [2.05, 4.69) is 5.32 Å². The van der Waals surface area contributed by atoms with Gasteiger partial charge in [0.05, 0.1) is 23.1 Å². The molecule has 1 aromatic rings. The highest BCUT2D eigenvalue weighted by Crippen LogP contribution is 2.21. The molecule has 0 aliphatic rings. The maximum atomic E-state index is 11.9. The van der Waals surface area contributed by atoms with E-state index in [4.69, 9.17) is 10.5 Å². The second kappa shape index (κ2) is 7.65. The van der Waals surface area contributed by atoms with Gasteiger partial charge in [-0.1, -0.05) is 19.1 Å². The van der Waals surface area contributed by atoms with Crippen molar-refractivity contribution in [2.24, 2.45) is 5.73 Å². The minimum Gasteiger partial charge on any atom is -0.444 e. The summed E-state index contributed by atoms with van der Waals surface area (Å²) in [5.41, 5.74) is 5.11. The molecule has 1 aromatic carbocycles. The van der Waals surface area contributed by atoms with Crippen molar-refractivity contribution in [3.8, 4) is 0 Å². The number of hydrogen-bond acceptors (Lipinski definition) is 5. The molecule has 0 bridgehead atoms. The molecule has 0 aromatic heterocycles. The standard InChI is InChI=1S/C16H24N2O5S/c1-5-24(21,22)12-8-6-11(7-9-12)13(10-14(17)19)18-15(20)23-16(2,3)4/h6-9,13H,5,10H2,1-4H3,(H2,17,19)(H,18,20)/t13-/m0/s1. The molecule has 0 aliphatic heterocycles. The third kappa shape index (κ3) is 6.19. The summed E-state index contributed by atoms with van der Waals surface area (Å²) in [4.78, 5) is 23.4. The Hall–Kier alpha value is -2.09. The van der Waals surface area contributed by atoms with E-state index in [1.54, 1.807) is 39.8 Å². The summed E-state index contributed by atoms with van der Waals surface area (Å²) in [5, 5.41) is 2.58. The average Bonchev–Trinajstić information content (AvgIpc) is 2.44. The molecule has 134 valence electrons. The van der Waals surface area contributed by atoms with Crippen molar-refractivity contribution >= 4 is 21.8 Å². The van der Waals surface area contributed by atoms with Crippen LogP contribution in [0.25, 0.3) is 0 Å². The van der Waals surface area contributed by atoms with Gasteiger partial charge < -0.3 is 15.8 Å². The predicted octanol–water partition coefficient (Wildman–Crippen LogP) is 1.92. The Labute approximate surface area is 142 Å². The zero-order valence-corrected chi connectivity index (χ0v) is 15.1. The molecule has 0 saturated carbocycles. The van der Waals surface area contributed by atoms with Gasteiger partial charge in [-0.25, -0.2) is 13.2 Å². The topological polar surface area (TPSA) is 116 Å². The Morgan fingerprint density at radius 3 is 2.17 bits per heavy atom. The average molecular weight is 356 g/mol. The first-order valence-corrected chi connectivity index (χ1v) is 9.20. The molecule has 0 unspecified atom stereocenters. The fourth-order valence-corrected chi connectivity index (χ4v) is 2.86. The lowest BCUT2D eigenvalue weighted by molar-refractivity contribution is -0.118. The fourth-order valence-electron chi connectivity index (χ4n) is 1.98. The number of sulfone groups is 1. The number of amides is 2. The SMILES string of the molecule is CCS(=O)(=O)c1ccc([C@H](CC(N)=O)NC(=O)OC(C)(C)C)cc1. The van der Waals surface area contributed by atoms with Crippen LogP contribution in [-0.4, -0.2) is 31.8 Å². The van der Waals surface area contributed by atoms with E-state index in [9.17, 15) is 18.0 Å². The summed E-state index contributed by atoms with van der Waals surface area (Å²) in [6, 6.07) is 5.29. The lowest BCUT2D eigenvalue weighted by atomic mass is 10.0. The summed E-state index contributed by atoms with van der Waals surface area (Å²) in [6.07, 6.45) is -0.807. The van der Waals surface area contributed by atoms with Crippen molar-refractivity contribution in [2.45, 2.75) is 50.7 Å². The van der Waals surface area contributed by atoms with Crippen LogP contribution in [0.3, 0.4) is 0 Å². The van der Waals surface area contributed by atoms with Crippen molar-refractivity contribution < 1.29 is 22.7 Å². The molecule has 0 spiro atoms. The van der Waals surface area contributed by atoms with Gasteiger partial charge in [0, 0.05) is 0 Å². The lowest BCUT2D eigenvalue weighted by Crippen LogP contribution is -2.36. The highest BCUT2D eigenvalue weighted by molar-refractivity contribution is 7.91. The van der Waals surface area contributed by atoms with Crippen LogP contribution in [0.4, 0.5) is 4.79 Å². The molecular weight excluding hydrogens is 332 g/mol. The number of ether oxygens (including phenoxy) is 1. The first-order chi connectivity index (χ1) is 10.9. The van der Waals surface area contributed by atoms with Gasteiger partial charge in [0.25, 0.3) is 0 Å². The quantitative estimate of drug-likeness (QED) is 0.808. The maximum absolute atomic E-state index is 11.9. The van der Waals surface area contributed by atoms with Crippen molar-refractivity contribution in [3.63, 3.8) is 0 Å². The summed E-state index contributed by atoms with van der Waals surface area (Å²) < 4.78 is 28.8. The van der Waals surface area contributed by atoms with Crippen LogP contribution in [0.5, 0.6) is 0 Å². The number of carbonyl (C=O) groups is 2. The number of nitrogens with one attached hydrogen (secondary N) is 1. The number of benzene rings is 1. The second-order valence-corrected chi connectivity index (χ2v) is 8.62. The zero-order valence-electron chi connectivity index (χ0n) is 14.3. The maximum Gasteiger partial charge on any atom is 0.408 e. The first-order valence-electron chi connectivity index (χ1n) is 7.55. The zero-order chi connectivity index (χ0) is 18.5. The van der Waals surface area contributed by atoms with Crippen molar-refractivity contribution in [1.82, 2.24) is 5.32 Å². The van der Waals surface area contributed by atoms with Crippen molar-refractivity contribution in [1.29, 1.82) is 0 Å². The molecule has 0 aliphatic carbocycles. The Bertz CT molecular complexity index is 690. The molecule has 0 heterocycles. The van der Waals surface area contributed by atoms with E-state index >= 15 is 0 Å². The highest BCUT2D eigenvalue weighted by atomic mass is 32.2. The van der Waals surface area contributed by atoms with Crippen LogP contribution in [-0.2, 0) is 19.4 Å². The number of carbonyl (C=O) groups excluding carboxylic acids is 2. The summed E-state index contributed by atoms with van der Waals surface area (Å²) in [7, 11) is -3.31. The third-order valence-corrected chi connectivity index (χ3v) is 4.87. The largest absolute Gasteiger partial charge is 0.444 e. The number of rotatable bonds is 6. The van der Waals surface area contributed by atoms with Crippen LogP contribution >= 0.6 is 0 Å². The highest BCUT2D eigenvalue weighted by Gasteiger charge is 2.22. The number of nitrogens with two attached hydrogens (primary N) is 1. The Balaban J connectivity index is 3.00. The van der Waals surface area contributed by atoms with Gasteiger partial charge in [0.2, 0.25) is 5.91 Å². The molecule has 1 rings (SSSR count). The van der Waals surface area contributed by atoms with Gasteiger partial charge >= 0.3 is 6.09 Å². The summed E-state index contributed by atoms with van der Waals surface area (Å²) in [6.45, 7) is 6.73. The van der Waals surface area contributed by atoms with E-state index in [0.717, 1.165) is 0 Å². The Morgan fingerprint density at radius 1 is 1.21 bits per heavy atom. The second-order valence-electron chi connectivity index (χ2n) is 6.34. The van der Waals surface area contributed by atoms with Crippen LogP contribution in [0.15, 0.2) is 29.2 Å². The van der Waals surface area contributed by atoms with Crippen molar-refractivity contribution in [2.75, 3.05) is 5.75 Å². The summed E-state index contributed by atoms with van der Waals surface area (Å²) in [5.74, 6) is -0.603. The van der Waals surface area contributed by atoms with Gasteiger partial charge in [0.1, 0.15) is 5.60 Å². The van der Waals surface area contributed by atoms with Crippen LogP contribution < -0.4 is 11.1 Å². The number of hydrogen-bond donors (Lipinski definition) is 2. The van der Waals surface area contributed by atoms with Gasteiger partial charge in [-0.15, -0.1) is 0 Å². The van der Waals surface area contributed by atoms with Gasteiger partial charge in [-0.3, -0.25) is 4.79 Å². The number of primary amides is 1. The summed E-state index contributed by atoms with van der Waals surface area (Å²) >= 11 is 0. The lowest BCUT2D eigenvalue weighted by Gasteiger charge is -2.23. The molecule has 2 amide bonds. The monoisotopic (exact) mass is 356 g/mol. The molecule has 1 atom stereocenters. The van der Waals surface area contributed by atoms with Gasteiger partial charge in [-0.2, -0.15) is 0 Å². The van der Waals surface area contributed by atoms with E-state index < -0.39 is 33.5 Å². The molecule has 3 N–H and O–H groups in total.